The quantitative estimate of drug-likeness (QED) is 0.767. The van der Waals surface area contributed by atoms with Crippen molar-refractivity contribution < 1.29 is 22.9 Å². The van der Waals surface area contributed by atoms with Crippen LogP contribution in [0.2, 0.25) is 0 Å². The van der Waals surface area contributed by atoms with Crippen molar-refractivity contribution in [3.63, 3.8) is 0 Å². The Morgan fingerprint density at radius 3 is 2.42 bits per heavy atom. The molecule has 0 spiro atoms. The van der Waals surface area contributed by atoms with Gasteiger partial charge in [-0.05, 0) is 18.9 Å². The van der Waals surface area contributed by atoms with Gasteiger partial charge in [0.15, 0.2) is 0 Å². The van der Waals surface area contributed by atoms with E-state index in [4.69, 9.17) is 0 Å². The molecule has 2 aliphatic rings. The fraction of sp³-hybridized carbons (Fsp3) is 0.562. The second-order valence-electron chi connectivity index (χ2n) is 6.46. The minimum atomic E-state index is -4.64. The van der Waals surface area contributed by atoms with E-state index in [1.54, 1.807) is 36.1 Å². The number of amides is 1. The van der Waals surface area contributed by atoms with Crippen LogP contribution in [0.25, 0.3) is 0 Å². The molecule has 1 saturated heterocycles. The average Bonchev–Trinajstić information content (AvgIpc) is 2.54. The Morgan fingerprint density at radius 2 is 1.83 bits per heavy atom. The van der Waals surface area contributed by atoms with E-state index >= 15 is 0 Å². The molecule has 3 rings (SSSR count). The molecule has 1 aromatic rings. The van der Waals surface area contributed by atoms with Gasteiger partial charge in [0, 0.05) is 50.3 Å². The number of carbonyl (C=O) groups is 1. The molecular formula is C16H22N2O5S. The molecule has 2 aliphatic heterocycles. The lowest BCUT2D eigenvalue weighted by Crippen LogP contribution is -2.52. The first kappa shape index (κ1) is 17.2. The van der Waals surface area contributed by atoms with E-state index in [1.807, 2.05) is 0 Å². The average molecular weight is 354 g/mol. The molecule has 0 radical (unpaired) electrons. The summed E-state index contributed by atoms with van der Waals surface area (Å²) in [5.41, 5.74) is 0.845. The Morgan fingerprint density at radius 1 is 1.21 bits per heavy atom. The number of fused-ring (bicyclic) bond motifs is 1. The zero-order chi connectivity index (χ0) is 17.5. The third kappa shape index (κ3) is 2.78. The van der Waals surface area contributed by atoms with Crippen molar-refractivity contribution in [1.82, 2.24) is 4.90 Å². The van der Waals surface area contributed by atoms with Crippen LogP contribution >= 0.6 is 0 Å². The van der Waals surface area contributed by atoms with E-state index in [0.29, 0.717) is 25.3 Å². The van der Waals surface area contributed by atoms with Crippen LogP contribution in [0.1, 0.15) is 31.7 Å². The van der Waals surface area contributed by atoms with Gasteiger partial charge in [0.05, 0.1) is 0 Å². The maximum Gasteiger partial charge on any atom is 0.299 e. The number of carbonyl (C=O) groups excluding carboxylic acids is 1. The predicted molar refractivity (Wildman–Crippen MR) is 89.1 cm³/mol. The lowest BCUT2D eigenvalue weighted by Gasteiger charge is -2.45. The third-order valence-corrected chi connectivity index (χ3v) is 6.38. The molecule has 1 fully saturated rings. The van der Waals surface area contributed by atoms with E-state index < -0.39 is 15.1 Å². The van der Waals surface area contributed by atoms with Gasteiger partial charge in [0.1, 0.15) is 0 Å². The number of hydrogen-bond donors (Lipinski definition) is 2. The summed E-state index contributed by atoms with van der Waals surface area (Å²) in [6, 6.07) is 6.91. The second-order valence-corrected chi connectivity index (χ2v) is 8.08. The molecule has 0 aromatic heterocycles. The molecule has 7 nitrogen and oxygen atoms in total. The van der Waals surface area contributed by atoms with E-state index in [-0.39, 0.29) is 23.9 Å². The van der Waals surface area contributed by atoms with Gasteiger partial charge < -0.3 is 14.9 Å². The highest BCUT2D eigenvalue weighted by atomic mass is 32.2. The first-order chi connectivity index (χ1) is 11.2. The summed E-state index contributed by atoms with van der Waals surface area (Å²) >= 11 is 0. The summed E-state index contributed by atoms with van der Waals surface area (Å²) in [5, 5.41) is 10.6. The molecule has 2 N–H and O–H groups in total. The second kappa shape index (κ2) is 6.02. The van der Waals surface area contributed by atoms with Crippen LogP contribution in [0.5, 0.6) is 0 Å². The lowest BCUT2D eigenvalue weighted by atomic mass is 9.93. The number of aliphatic hydroxyl groups is 1. The predicted octanol–water partition coefficient (Wildman–Crippen LogP) is 0.941. The van der Waals surface area contributed by atoms with Gasteiger partial charge in [-0.2, -0.15) is 8.42 Å². The Bertz CT molecular complexity index is 743. The largest absolute Gasteiger partial charge is 0.369 e. The van der Waals surface area contributed by atoms with Gasteiger partial charge in [-0.3, -0.25) is 9.35 Å². The summed E-state index contributed by atoms with van der Waals surface area (Å²) in [4.78, 5) is 13.1. The van der Waals surface area contributed by atoms with Gasteiger partial charge >= 0.3 is 0 Å². The molecule has 0 aliphatic carbocycles. The minimum Gasteiger partial charge on any atom is -0.369 e. The lowest BCUT2D eigenvalue weighted by molar-refractivity contribution is -0.129. The van der Waals surface area contributed by atoms with Gasteiger partial charge in [0.25, 0.3) is 10.1 Å². The minimum absolute atomic E-state index is 0.0632. The van der Waals surface area contributed by atoms with Crippen LogP contribution in [0.3, 0.4) is 0 Å². The normalized spacial score (nSPS) is 25.5. The number of hydrogen-bond acceptors (Lipinski definition) is 5. The van der Waals surface area contributed by atoms with Gasteiger partial charge in [-0.15, -0.1) is 0 Å². The Hall–Kier alpha value is -1.64. The standard InChI is InChI=1S/C16H22N2O5S/c1-12(19)17-9-6-13(7-10-17)18-11-8-16(20,24(21,22)23)14-4-2-3-5-15(14)18/h2-5,13,20H,6-11H2,1H3,(H,21,22,23). The smallest absolute Gasteiger partial charge is 0.299 e. The van der Waals surface area contributed by atoms with Crippen molar-refractivity contribution in [2.45, 2.75) is 37.2 Å². The fourth-order valence-corrected chi connectivity index (χ4v) is 4.52. The van der Waals surface area contributed by atoms with Crippen LogP contribution in [0.4, 0.5) is 5.69 Å². The molecule has 8 heteroatoms. The van der Waals surface area contributed by atoms with Crippen LogP contribution in [0.15, 0.2) is 24.3 Å². The fourth-order valence-electron chi connectivity index (χ4n) is 3.72. The van der Waals surface area contributed by atoms with Gasteiger partial charge in [0.2, 0.25) is 10.8 Å². The molecule has 0 saturated carbocycles. The van der Waals surface area contributed by atoms with Crippen molar-refractivity contribution in [3.05, 3.63) is 29.8 Å². The number of nitrogens with zero attached hydrogens (tertiary/aromatic N) is 2. The molecule has 24 heavy (non-hydrogen) atoms. The maximum atomic E-state index is 11.7. The zero-order valence-electron chi connectivity index (χ0n) is 13.6. The molecular weight excluding hydrogens is 332 g/mol. The van der Waals surface area contributed by atoms with Crippen LogP contribution in [0, 0.1) is 0 Å². The van der Waals surface area contributed by atoms with Crippen molar-refractivity contribution in [1.29, 1.82) is 0 Å². The summed E-state index contributed by atoms with van der Waals surface area (Å²) in [6.07, 6.45) is 1.49. The van der Waals surface area contributed by atoms with Gasteiger partial charge in [-0.1, -0.05) is 18.2 Å². The number of likely N-dealkylation sites (tertiary alicyclic amines) is 1. The van der Waals surface area contributed by atoms with E-state index in [0.717, 1.165) is 12.8 Å². The highest BCUT2D eigenvalue weighted by Gasteiger charge is 2.48. The number of benzene rings is 1. The van der Waals surface area contributed by atoms with Crippen molar-refractivity contribution >= 4 is 21.7 Å². The monoisotopic (exact) mass is 354 g/mol. The zero-order valence-corrected chi connectivity index (χ0v) is 14.4. The molecule has 1 aromatic carbocycles. The van der Waals surface area contributed by atoms with Crippen LogP contribution in [-0.2, 0) is 19.8 Å². The summed E-state index contributed by atoms with van der Waals surface area (Å²) in [6.45, 7) is 3.23. The van der Waals surface area contributed by atoms with Crippen molar-refractivity contribution in [2.75, 3.05) is 24.5 Å². The van der Waals surface area contributed by atoms with Crippen molar-refractivity contribution in [3.8, 4) is 0 Å². The summed E-state index contributed by atoms with van der Waals surface area (Å²) in [5.74, 6) is 0.0632. The first-order valence-electron chi connectivity index (χ1n) is 8.05. The number of piperidine rings is 1. The first-order valence-corrected chi connectivity index (χ1v) is 9.49. The molecule has 1 unspecified atom stereocenters. The number of para-hydroxylation sites is 1. The topological polar surface area (TPSA) is 98.2 Å². The van der Waals surface area contributed by atoms with Crippen LogP contribution < -0.4 is 4.90 Å². The van der Waals surface area contributed by atoms with Crippen molar-refractivity contribution in [2.24, 2.45) is 0 Å². The highest BCUT2D eigenvalue weighted by Crippen LogP contribution is 2.43. The van der Waals surface area contributed by atoms with E-state index in [9.17, 15) is 22.9 Å². The number of rotatable bonds is 2. The summed E-state index contributed by atoms with van der Waals surface area (Å²) < 4.78 is 32.9. The molecule has 0 bridgehead atoms. The van der Waals surface area contributed by atoms with Gasteiger partial charge in [-0.25, -0.2) is 0 Å². The molecule has 1 amide bonds. The van der Waals surface area contributed by atoms with Crippen LogP contribution in [-0.4, -0.2) is 54.6 Å². The summed E-state index contributed by atoms with van der Waals surface area (Å²) in [7, 11) is -4.64. The Kier molecular flexibility index (Phi) is 4.31. The van der Waals surface area contributed by atoms with E-state index in [1.165, 1.54) is 0 Å². The SMILES string of the molecule is CC(=O)N1CCC(N2CCC(O)(S(=O)(=O)O)c3ccccc32)CC1. The Labute approximate surface area is 141 Å². The number of anilines is 1. The van der Waals surface area contributed by atoms with E-state index in [2.05, 4.69) is 4.90 Å². The Balaban J connectivity index is 1.90. The molecule has 2 heterocycles. The molecule has 1 atom stereocenters. The third-order valence-electron chi connectivity index (χ3n) is 5.10. The molecule has 132 valence electrons. The highest BCUT2D eigenvalue weighted by molar-refractivity contribution is 7.86. The maximum absolute atomic E-state index is 11.7.